The summed E-state index contributed by atoms with van der Waals surface area (Å²) in [4.78, 5) is 29.6. The van der Waals surface area contributed by atoms with E-state index in [9.17, 15) is 9.59 Å². The minimum atomic E-state index is -0.396. The van der Waals surface area contributed by atoms with Crippen LogP contribution in [-0.4, -0.2) is 34.8 Å². The van der Waals surface area contributed by atoms with Crippen molar-refractivity contribution in [2.45, 2.75) is 19.9 Å². The van der Waals surface area contributed by atoms with Crippen molar-refractivity contribution >= 4 is 22.7 Å². The number of hydrogen-bond acceptors (Lipinski definition) is 7. The number of aromatic nitrogens is 3. The molecular formula is C23H22N4O5. The van der Waals surface area contributed by atoms with E-state index in [1.165, 1.54) is 25.1 Å². The summed E-state index contributed by atoms with van der Waals surface area (Å²) >= 11 is 0. The SMILES string of the molecule is COc1ccc(OC)c(NC(=O)CCn2cnc3c(-c4ccc(C)cc4)noc3c2=O)c1. The third kappa shape index (κ3) is 4.18. The largest absolute Gasteiger partial charge is 0.497 e. The number of fused-ring (bicyclic) bond motifs is 1. The fraction of sp³-hybridized carbons (Fsp3) is 0.217. The number of carbonyl (C=O) groups excluding carboxylic acids is 1. The van der Waals surface area contributed by atoms with Crippen LogP contribution in [0.1, 0.15) is 12.0 Å². The highest BCUT2D eigenvalue weighted by Gasteiger charge is 2.17. The van der Waals surface area contributed by atoms with Crippen molar-refractivity contribution < 1.29 is 18.8 Å². The Morgan fingerprint density at radius 3 is 2.62 bits per heavy atom. The van der Waals surface area contributed by atoms with Crippen LogP contribution < -0.4 is 20.3 Å². The van der Waals surface area contributed by atoms with Crippen molar-refractivity contribution in [1.82, 2.24) is 14.7 Å². The molecule has 0 atom stereocenters. The number of ether oxygens (including phenoxy) is 2. The van der Waals surface area contributed by atoms with Crippen LogP contribution in [-0.2, 0) is 11.3 Å². The molecule has 0 saturated heterocycles. The molecule has 1 amide bonds. The molecule has 0 aliphatic rings. The molecule has 9 nitrogen and oxygen atoms in total. The highest BCUT2D eigenvalue weighted by atomic mass is 16.5. The Balaban J connectivity index is 1.50. The van der Waals surface area contributed by atoms with Gasteiger partial charge in [-0.1, -0.05) is 35.0 Å². The summed E-state index contributed by atoms with van der Waals surface area (Å²) in [5.74, 6) is 0.799. The summed E-state index contributed by atoms with van der Waals surface area (Å²) in [5.41, 5.74) is 2.96. The van der Waals surface area contributed by atoms with E-state index in [1.807, 2.05) is 31.2 Å². The summed E-state index contributed by atoms with van der Waals surface area (Å²) in [6, 6.07) is 12.8. The second kappa shape index (κ2) is 8.93. The Labute approximate surface area is 183 Å². The molecule has 164 valence electrons. The van der Waals surface area contributed by atoms with E-state index in [0.29, 0.717) is 28.4 Å². The Morgan fingerprint density at radius 1 is 1.12 bits per heavy atom. The van der Waals surface area contributed by atoms with Crippen molar-refractivity contribution in [3.8, 4) is 22.8 Å². The van der Waals surface area contributed by atoms with Crippen molar-refractivity contribution in [1.29, 1.82) is 0 Å². The maximum absolute atomic E-state index is 12.8. The highest BCUT2D eigenvalue weighted by Crippen LogP contribution is 2.29. The van der Waals surface area contributed by atoms with E-state index in [2.05, 4.69) is 15.5 Å². The molecule has 0 aliphatic carbocycles. The molecule has 0 unspecified atom stereocenters. The Hall–Kier alpha value is -4.14. The molecule has 0 saturated carbocycles. The van der Waals surface area contributed by atoms with Gasteiger partial charge >= 0.3 is 0 Å². The van der Waals surface area contributed by atoms with Gasteiger partial charge in [0.05, 0.1) is 26.2 Å². The summed E-state index contributed by atoms with van der Waals surface area (Å²) in [5, 5.41) is 6.81. The van der Waals surface area contributed by atoms with Gasteiger partial charge in [-0.15, -0.1) is 0 Å². The first-order chi connectivity index (χ1) is 15.5. The maximum Gasteiger partial charge on any atom is 0.299 e. The van der Waals surface area contributed by atoms with Crippen LogP contribution in [0.2, 0.25) is 0 Å². The van der Waals surface area contributed by atoms with Crippen LogP contribution in [0.4, 0.5) is 5.69 Å². The van der Waals surface area contributed by atoms with Gasteiger partial charge in [0.15, 0.2) is 0 Å². The smallest absolute Gasteiger partial charge is 0.299 e. The van der Waals surface area contributed by atoms with Gasteiger partial charge in [0.25, 0.3) is 11.1 Å². The van der Waals surface area contributed by atoms with Gasteiger partial charge in [-0.2, -0.15) is 0 Å². The van der Waals surface area contributed by atoms with Crippen LogP contribution >= 0.6 is 0 Å². The van der Waals surface area contributed by atoms with E-state index < -0.39 is 5.56 Å². The molecular weight excluding hydrogens is 412 g/mol. The fourth-order valence-corrected chi connectivity index (χ4v) is 3.26. The van der Waals surface area contributed by atoms with E-state index >= 15 is 0 Å². The molecule has 4 rings (SSSR count). The number of carbonyl (C=O) groups is 1. The third-order valence-corrected chi connectivity index (χ3v) is 5.03. The van der Waals surface area contributed by atoms with Crippen molar-refractivity contribution in [2.75, 3.05) is 19.5 Å². The minimum absolute atomic E-state index is 0.0480. The predicted octanol–water partition coefficient (Wildman–Crippen LogP) is 3.41. The number of rotatable bonds is 7. The zero-order chi connectivity index (χ0) is 22.7. The Morgan fingerprint density at radius 2 is 1.91 bits per heavy atom. The zero-order valence-corrected chi connectivity index (χ0v) is 17.9. The first-order valence-electron chi connectivity index (χ1n) is 9.94. The molecule has 0 radical (unpaired) electrons. The van der Waals surface area contributed by atoms with Gasteiger partial charge in [-0.25, -0.2) is 4.98 Å². The number of benzene rings is 2. The van der Waals surface area contributed by atoms with Crippen molar-refractivity contribution in [3.05, 3.63) is 64.7 Å². The van der Waals surface area contributed by atoms with Crippen LogP contribution in [0, 0.1) is 6.92 Å². The lowest BCUT2D eigenvalue weighted by Crippen LogP contribution is -2.23. The fourth-order valence-electron chi connectivity index (χ4n) is 3.26. The standard InChI is InChI=1S/C23H22N4O5/c1-14-4-6-15(7-5-14)20-21-22(32-26-20)23(29)27(13-24-21)11-10-19(28)25-17-12-16(30-2)8-9-18(17)31-3/h4-9,12-13H,10-11H2,1-3H3,(H,25,28). The lowest BCUT2D eigenvalue weighted by molar-refractivity contribution is -0.116. The summed E-state index contributed by atoms with van der Waals surface area (Å²) in [7, 11) is 3.05. The van der Waals surface area contributed by atoms with Gasteiger partial charge in [0, 0.05) is 24.6 Å². The predicted molar refractivity (Wildman–Crippen MR) is 119 cm³/mol. The van der Waals surface area contributed by atoms with Gasteiger partial charge in [-0.3, -0.25) is 14.2 Å². The number of methoxy groups -OCH3 is 2. The van der Waals surface area contributed by atoms with E-state index in [0.717, 1.165) is 11.1 Å². The molecule has 0 bridgehead atoms. The average molecular weight is 434 g/mol. The second-order valence-corrected chi connectivity index (χ2v) is 7.18. The molecule has 2 aromatic carbocycles. The lowest BCUT2D eigenvalue weighted by Gasteiger charge is -2.12. The van der Waals surface area contributed by atoms with Crippen molar-refractivity contribution in [3.63, 3.8) is 0 Å². The summed E-state index contributed by atoms with van der Waals surface area (Å²) < 4.78 is 17.1. The molecule has 9 heteroatoms. The van der Waals surface area contributed by atoms with Gasteiger partial charge in [-0.05, 0) is 19.1 Å². The normalized spacial score (nSPS) is 10.8. The van der Waals surface area contributed by atoms with Crippen LogP contribution in [0.3, 0.4) is 0 Å². The number of nitrogens with zero attached hydrogens (tertiary/aromatic N) is 3. The molecule has 4 aromatic rings. The van der Waals surface area contributed by atoms with E-state index in [-0.39, 0.29) is 24.5 Å². The lowest BCUT2D eigenvalue weighted by atomic mass is 10.1. The Bertz CT molecular complexity index is 1320. The topological polar surface area (TPSA) is 108 Å². The molecule has 32 heavy (non-hydrogen) atoms. The number of anilines is 1. The minimum Gasteiger partial charge on any atom is -0.497 e. The molecule has 1 N–H and O–H groups in total. The monoisotopic (exact) mass is 434 g/mol. The highest BCUT2D eigenvalue weighted by molar-refractivity contribution is 5.92. The van der Waals surface area contributed by atoms with Crippen LogP contribution in [0.25, 0.3) is 22.4 Å². The molecule has 2 aromatic heterocycles. The molecule has 0 spiro atoms. The van der Waals surface area contributed by atoms with Gasteiger partial charge in [0.2, 0.25) is 5.91 Å². The Kier molecular flexibility index (Phi) is 5.89. The molecule has 0 aliphatic heterocycles. The second-order valence-electron chi connectivity index (χ2n) is 7.18. The zero-order valence-electron chi connectivity index (χ0n) is 17.9. The maximum atomic E-state index is 12.8. The average Bonchev–Trinajstić information content (AvgIpc) is 3.24. The van der Waals surface area contributed by atoms with Crippen molar-refractivity contribution in [2.24, 2.45) is 0 Å². The summed E-state index contributed by atoms with van der Waals surface area (Å²) in [6.07, 6.45) is 1.45. The van der Waals surface area contributed by atoms with Crippen LogP contribution in [0.5, 0.6) is 11.5 Å². The summed E-state index contributed by atoms with van der Waals surface area (Å²) in [6.45, 7) is 2.11. The van der Waals surface area contributed by atoms with E-state index in [4.69, 9.17) is 14.0 Å². The number of amides is 1. The van der Waals surface area contributed by atoms with Gasteiger partial charge in [0.1, 0.15) is 22.7 Å². The van der Waals surface area contributed by atoms with E-state index in [1.54, 1.807) is 18.2 Å². The number of hydrogen-bond donors (Lipinski definition) is 1. The first-order valence-corrected chi connectivity index (χ1v) is 9.94. The molecule has 2 heterocycles. The quantitative estimate of drug-likeness (QED) is 0.475. The van der Waals surface area contributed by atoms with Crippen LogP contribution in [0.15, 0.2) is 58.1 Å². The third-order valence-electron chi connectivity index (χ3n) is 5.03. The first kappa shape index (κ1) is 21.1. The molecule has 0 fully saturated rings. The number of nitrogens with one attached hydrogen (secondary N) is 1. The number of aryl methyl sites for hydroxylation is 2. The van der Waals surface area contributed by atoms with Gasteiger partial charge < -0.3 is 19.3 Å².